The normalized spacial score (nSPS) is 24.8. The largest absolute Gasteiger partial charge is 0.290 e. The zero-order valence-corrected chi connectivity index (χ0v) is 9.02. The van der Waals surface area contributed by atoms with E-state index in [1.54, 1.807) is 0 Å². The zero-order valence-electron chi connectivity index (χ0n) is 9.02. The Labute approximate surface area is 76.3 Å². The number of nitrogens with zero attached hydrogens (tertiary/aromatic N) is 1. The van der Waals surface area contributed by atoms with Gasteiger partial charge in [-0.2, -0.15) is 0 Å². The van der Waals surface area contributed by atoms with Gasteiger partial charge in [0.05, 0.1) is 6.04 Å². The molecule has 0 aromatic rings. The second-order valence-corrected chi connectivity index (χ2v) is 5.18. The van der Waals surface area contributed by atoms with Crippen LogP contribution in [0.4, 0.5) is 0 Å². The van der Waals surface area contributed by atoms with E-state index >= 15 is 0 Å². The Morgan fingerprint density at radius 3 is 2.17 bits per heavy atom. The Balaban J connectivity index is 2.66. The summed E-state index contributed by atoms with van der Waals surface area (Å²) < 4.78 is 0. The minimum Gasteiger partial charge on any atom is -0.290 e. The van der Waals surface area contributed by atoms with Gasteiger partial charge in [0, 0.05) is 5.71 Å². The molecule has 0 saturated carbocycles. The summed E-state index contributed by atoms with van der Waals surface area (Å²) in [6, 6.07) is 0.597. The molecular formula is C11H21N. The van der Waals surface area contributed by atoms with Gasteiger partial charge >= 0.3 is 0 Å². The van der Waals surface area contributed by atoms with Gasteiger partial charge in [-0.25, -0.2) is 0 Å². The predicted molar refractivity (Wildman–Crippen MR) is 54.8 cm³/mol. The van der Waals surface area contributed by atoms with Gasteiger partial charge in [-0.3, -0.25) is 4.99 Å². The summed E-state index contributed by atoms with van der Waals surface area (Å²) in [5, 5.41) is 0. The summed E-state index contributed by atoms with van der Waals surface area (Å²) in [5.74, 6) is 0.713. The van der Waals surface area contributed by atoms with Gasteiger partial charge in [-0.1, -0.05) is 34.6 Å². The van der Waals surface area contributed by atoms with Gasteiger partial charge in [0.1, 0.15) is 0 Å². The molecule has 0 aromatic heterocycles. The standard InChI is InChI=1S/C11H21N/c1-8(2)9-6-7-10(12-9)11(3,4)5/h8-9H,6-7H2,1-5H3. The van der Waals surface area contributed by atoms with Crippen molar-refractivity contribution in [3.63, 3.8) is 0 Å². The number of aliphatic imine (C=N–C) groups is 1. The molecule has 0 amide bonds. The number of hydrogen-bond donors (Lipinski definition) is 0. The maximum atomic E-state index is 4.78. The van der Waals surface area contributed by atoms with Crippen molar-refractivity contribution in [2.75, 3.05) is 0 Å². The van der Waals surface area contributed by atoms with Crippen LogP contribution < -0.4 is 0 Å². The highest BCUT2D eigenvalue weighted by molar-refractivity contribution is 5.90. The van der Waals surface area contributed by atoms with Gasteiger partial charge in [-0.15, -0.1) is 0 Å². The third-order valence-electron chi connectivity index (χ3n) is 2.63. The Morgan fingerprint density at radius 2 is 1.92 bits per heavy atom. The molecule has 0 spiro atoms. The molecule has 1 aliphatic rings. The molecule has 1 atom stereocenters. The SMILES string of the molecule is CC(C)C1CCC(C(C)(C)C)=N1. The molecule has 0 saturated heterocycles. The Hall–Kier alpha value is -0.330. The highest BCUT2D eigenvalue weighted by atomic mass is 14.8. The van der Waals surface area contributed by atoms with E-state index in [-0.39, 0.29) is 0 Å². The zero-order chi connectivity index (χ0) is 9.35. The van der Waals surface area contributed by atoms with Crippen LogP contribution in [0, 0.1) is 11.3 Å². The quantitative estimate of drug-likeness (QED) is 0.568. The van der Waals surface area contributed by atoms with Crippen LogP contribution in [0.3, 0.4) is 0 Å². The molecule has 0 fully saturated rings. The molecular weight excluding hydrogens is 146 g/mol. The van der Waals surface area contributed by atoms with Gasteiger partial charge in [-0.05, 0) is 24.2 Å². The minimum atomic E-state index is 0.295. The second kappa shape index (κ2) is 3.20. The average Bonchev–Trinajstić information content (AvgIpc) is 2.30. The molecule has 1 nitrogen and oxygen atoms in total. The van der Waals surface area contributed by atoms with Gasteiger partial charge in [0.15, 0.2) is 0 Å². The van der Waals surface area contributed by atoms with Crippen LogP contribution >= 0.6 is 0 Å². The van der Waals surface area contributed by atoms with Crippen LogP contribution in [0.1, 0.15) is 47.5 Å². The van der Waals surface area contributed by atoms with E-state index in [4.69, 9.17) is 4.99 Å². The molecule has 0 N–H and O–H groups in total. The fourth-order valence-electron chi connectivity index (χ4n) is 1.66. The van der Waals surface area contributed by atoms with Crippen molar-refractivity contribution in [3.05, 3.63) is 0 Å². The third kappa shape index (κ3) is 2.09. The maximum absolute atomic E-state index is 4.78. The van der Waals surface area contributed by atoms with Crippen molar-refractivity contribution in [2.24, 2.45) is 16.3 Å². The summed E-state index contributed by atoms with van der Waals surface area (Å²) in [7, 11) is 0. The van der Waals surface area contributed by atoms with Gasteiger partial charge in [0.25, 0.3) is 0 Å². The lowest BCUT2D eigenvalue weighted by Gasteiger charge is -2.18. The first kappa shape index (κ1) is 9.76. The molecule has 1 rings (SSSR count). The summed E-state index contributed by atoms with van der Waals surface area (Å²) in [6.45, 7) is 11.3. The Kier molecular flexibility index (Phi) is 2.60. The van der Waals surface area contributed by atoms with Crippen LogP contribution in [0.5, 0.6) is 0 Å². The van der Waals surface area contributed by atoms with Crippen LogP contribution in [0.25, 0.3) is 0 Å². The van der Waals surface area contributed by atoms with Crippen molar-refractivity contribution >= 4 is 5.71 Å². The first-order chi connectivity index (χ1) is 5.41. The van der Waals surface area contributed by atoms with Gasteiger partial charge in [0.2, 0.25) is 0 Å². The Morgan fingerprint density at radius 1 is 1.33 bits per heavy atom. The highest BCUT2D eigenvalue weighted by Gasteiger charge is 2.27. The lowest BCUT2D eigenvalue weighted by atomic mass is 9.88. The van der Waals surface area contributed by atoms with Crippen LogP contribution in [-0.2, 0) is 0 Å². The Bertz CT molecular complexity index is 184. The number of hydrogen-bond acceptors (Lipinski definition) is 1. The molecule has 70 valence electrons. The second-order valence-electron chi connectivity index (χ2n) is 5.18. The predicted octanol–water partition coefficient (Wildman–Crippen LogP) is 3.29. The van der Waals surface area contributed by atoms with Crippen molar-refractivity contribution in [3.8, 4) is 0 Å². The third-order valence-corrected chi connectivity index (χ3v) is 2.63. The van der Waals surface area contributed by atoms with Gasteiger partial charge < -0.3 is 0 Å². The first-order valence-corrected chi connectivity index (χ1v) is 4.98. The number of rotatable bonds is 1. The molecule has 0 bridgehead atoms. The monoisotopic (exact) mass is 167 g/mol. The van der Waals surface area contributed by atoms with E-state index in [9.17, 15) is 0 Å². The highest BCUT2D eigenvalue weighted by Crippen LogP contribution is 2.29. The van der Waals surface area contributed by atoms with E-state index in [1.165, 1.54) is 18.6 Å². The average molecular weight is 167 g/mol. The topological polar surface area (TPSA) is 12.4 Å². The first-order valence-electron chi connectivity index (χ1n) is 4.98. The maximum Gasteiger partial charge on any atom is 0.0525 e. The van der Waals surface area contributed by atoms with Crippen LogP contribution in [0.2, 0.25) is 0 Å². The summed E-state index contributed by atoms with van der Waals surface area (Å²) in [4.78, 5) is 4.78. The molecule has 1 unspecified atom stereocenters. The van der Waals surface area contributed by atoms with Crippen molar-refractivity contribution in [1.82, 2.24) is 0 Å². The molecule has 1 heterocycles. The lowest BCUT2D eigenvalue weighted by molar-refractivity contribution is 0.494. The van der Waals surface area contributed by atoms with Crippen LogP contribution in [0.15, 0.2) is 4.99 Å². The summed E-state index contributed by atoms with van der Waals surface area (Å²) in [5.41, 5.74) is 1.71. The summed E-state index contributed by atoms with van der Waals surface area (Å²) in [6.07, 6.45) is 2.48. The van der Waals surface area contributed by atoms with E-state index in [0.717, 1.165) is 0 Å². The minimum absolute atomic E-state index is 0.295. The van der Waals surface area contributed by atoms with Crippen LogP contribution in [-0.4, -0.2) is 11.8 Å². The molecule has 0 radical (unpaired) electrons. The van der Waals surface area contributed by atoms with Crippen molar-refractivity contribution in [2.45, 2.75) is 53.5 Å². The fourth-order valence-corrected chi connectivity index (χ4v) is 1.66. The van der Waals surface area contributed by atoms with Crippen molar-refractivity contribution < 1.29 is 0 Å². The molecule has 1 aliphatic heterocycles. The molecule has 0 aliphatic carbocycles. The van der Waals surface area contributed by atoms with E-state index in [2.05, 4.69) is 34.6 Å². The van der Waals surface area contributed by atoms with E-state index in [0.29, 0.717) is 17.4 Å². The molecule has 12 heavy (non-hydrogen) atoms. The fraction of sp³-hybridized carbons (Fsp3) is 0.909. The molecule has 1 heteroatoms. The van der Waals surface area contributed by atoms with E-state index in [1.807, 2.05) is 0 Å². The summed E-state index contributed by atoms with van der Waals surface area (Å²) >= 11 is 0. The van der Waals surface area contributed by atoms with E-state index < -0.39 is 0 Å². The smallest absolute Gasteiger partial charge is 0.0525 e. The van der Waals surface area contributed by atoms with Crippen molar-refractivity contribution in [1.29, 1.82) is 0 Å². The lowest BCUT2D eigenvalue weighted by Crippen LogP contribution is -2.17. The molecule has 0 aromatic carbocycles.